The van der Waals surface area contributed by atoms with Crippen molar-refractivity contribution in [2.24, 2.45) is 0 Å². The first-order chi connectivity index (χ1) is 15.0. The van der Waals surface area contributed by atoms with Gasteiger partial charge in [-0.1, -0.05) is 34.1 Å². The van der Waals surface area contributed by atoms with Crippen molar-refractivity contribution in [2.45, 2.75) is 5.37 Å². The summed E-state index contributed by atoms with van der Waals surface area (Å²) in [4.78, 5) is 41.2. The van der Waals surface area contributed by atoms with Crippen LogP contribution in [0.1, 0.15) is 31.8 Å². The number of nitrogens with one attached hydrogen (secondary N) is 2. The molecule has 3 amide bonds. The molecule has 156 valence electrons. The van der Waals surface area contributed by atoms with Crippen LogP contribution in [0.25, 0.3) is 0 Å². The third kappa shape index (κ3) is 4.95. The third-order valence-corrected chi connectivity index (χ3v) is 6.29. The summed E-state index contributed by atoms with van der Waals surface area (Å²) in [6, 6.07) is 19.1. The summed E-state index contributed by atoms with van der Waals surface area (Å²) in [7, 11) is 0. The summed E-state index contributed by atoms with van der Waals surface area (Å²) < 4.78 is 0.941. The van der Waals surface area contributed by atoms with Crippen LogP contribution in [-0.2, 0) is 4.79 Å². The number of halogens is 1. The summed E-state index contributed by atoms with van der Waals surface area (Å²) in [5.41, 5.74) is 4.84. The largest absolute Gasteiger partial charge is 0.321 e. The quantitative estimate of drug-likeness (QED) is 0.556. The molecule has 1 aromatic heterocycles. The van der Waals surface area contributed by atoms with Crippen molar-refractivity contribution in [1.82, 2.24) is 15.4 Å². The number of thioether (sulfide) groups is 1. The Kier molecular flexibility index (Phi) is 6.34. The van der Waals surface area contributed by atoms with Gasteiger partial charge in [0, 0.05) is 21.9 Å². The second-order valence-corrected chi connectivity index (χ2v) is 8.65. The summed E-state index contributed by atoms with van der Waals surface area (Å²) in [5, 5.41) is 3.81. The molecule has 2 heterocycles. The van der Waals surface area contributed by atoms with Crippen LogP contribution >= 0.6 is 27.7 Å². The summed E-state index contributed by atoms with van der Waals surface area (Å²) in [6.07, 6.45) is 1.54. The van der Waals surface area contributed by atoms with Gasteiger partial charge in [0.15, 0.2) is 0 Å². The molecule has 2 N–H and O–H groups in total. The number of nitrogens with zero attached hydrogens (tertiary/aromatic N) is 2. The van der Waals surface area contributed by atoms with E-state index in [-0.39, 0.29) is 17.2 Å². The molecule has 0 aliphatic carbocycles. The Labute approximate surface area is 191 Å². The molecule has 3 aromatic rings. The number of anilines is 1. The Balaban J connectivity index is 1.42. The lowest BCUT2D eigenvalue weighted by Gasteiger charge is -2.24. The second-order valence-electron chi connectivity index (χ2n) is 6.67. The maximum atomic E-state index is 12.7. The van der Waals surface area contributed by atoms with Gasteiger partial charge >= 0.3 is 0 Å². The molecule has 2 aromatic carbocycles. The summed E-state index contributed by atoms with van der Waals surface area (Å²) >= 11 is 4.85. The van der Waals surface area contributed by atoms with Gasteiger partial charge in [-0.05, 0) is 54.1 Å². The monoisotopic (exact) mass is 496 g/mol. The topological polar surface area (TPSA) is 91.4 Å². The molecule has 1 fully saturated rings. The number of pyridine rings is 1. The maximum Gasteiger partial charge on any atom is 0.274 e. The number of amides is 3. The van der Waals surface area contributed by atoms with Gasteiger partial charge in [-0.2, -0.15) is 0 Å². The van der Waals surface area contributed by atoms with Crippen LogP contribution in [-0.4, -0.2) is 33.5 Å². The highest BCUT2D eigenvalue weighted by molar-refractivity contribution is 9.10. The van der Waals surface area contributed by atoms with Gasteiger partial charge in [0.05, 0.1) is 5.75 Å². The number of aromatic nitrogens is 1. The SMILES string of the molecule is O=C(NN1C(=O)CSC1c1ccc(Br)cc1)c1ccc(NC(=O)c2ccccn2)cc1. The van der Waals surface area contributed by atoms with E-state index in [4.69, 9.17) is 0 Å². The van der Waals surface area contributed by atoms with Gasteiger partial charge in [0.25, 0.3) is 17.7 Å². The lowest BCUT2D eigenvalue weighted by atomic mass is 10.2. The third-order valence-electron chi connectivity index (χ3n) is 4.55. The number of hydrogen-bond donors (Lipinski definition) is 2. The van der Waals surface area contributed by atoms with Crippen LogP contribution in [0.5, 0.6) is 0 Å². The Morgan fingerprint density at radius 3 is 2.42 bits per heavy atom. The first-order valence-corrected chi connectivity index (χ1v) is 11.2. The van der Waals surface area contributed by atoms with Crippen LogP contribution in [0.3, 0.4) is 0 Å². The molecule has 31 heavy (non-hydrogen) atoms. The first-order valence-electron chi connectivity index (χ1n) is 9.34. The molecule has 0 saturated carbocycles. The van der Waals surface area contributed by atoms with Crippen molar-refractivity contribution in [3.63, 3.8) is 0 Å². The Morgan fingerprint density at radius 2 is 1.74 bits per heavy atom. The average molecular weight is 497 g/mol. The predicted octanol–water partition coefficient (Wildman–Crippen LogP) is 4.02. The summed E-state index contributed by atoms with van der Waals surface area (Å²) in [5.74, 6) is -0.611. The molecule has 0 radical (unpaired) electrons. The molecule has 1 saturated heterocycles. The molecular weight excluding hydrogens is 480 g/mol. The average Bonchev–Trinajstić information content (AvgIpc) is 3.15. The minimum atomic E-state index is -0.402. The van der Waals surface area contributed by atoms with E-state index >= 15 is 0 Å². The van der Waals surface area contributed by atoms with E-state index < -0.39 is 5.91 Å². The van der Waals surface area contributed by atoms with Gasteiger partial charge in [-0.15, -0.1) is 11.8 Å². The van der Waals surface area contributed by atoms with Crippen LogP contribution in [0.2, 0.25) is 0 Å². The van der Waals surface area contributed by atoms with Crippen molar-refractivity contribution >= 4 is 51.1 Å². The van der Waals surface area contributed by atoms with Gasteiger partial charge in [-0.3, -0.25) is 24.8 Å². The van der Waals surface area contributed by atoms with E-state index in [1.54, 1.807) is 48.7 Å². The molecule has 1 aliphatic heterocycles. The number of hydrogen-bond acceptors (Lipinski definition) is 5. The molecular formula is C22H17BrN4O3S. The van der Waals surface area contributed by atoms with E-state index in [1.807, 2.05) is 24.3 Å². The molecule has 7 nitrogen and oxygen atoms in total. The fourth-order valence-corrected chi connectivity index (χ4v) is 4.36. The zero-order valence-corrected chi connectivity index (χ0v) is 18.5. The van der Waals surface area contributed by atoms with Crippen LogP contribution in [0.4, 0.5) is 5.69 Å². The lowest BCUT2D eigenvalue weighted by molar-refractivity contribution is -0.130. The fraction of sp³-hybridized carbons (Fsp3) is 0.0909. The van der Waals surface area contributed by atoms with Crippen LogP contribution < -0.4 is 10.7 Å². The number of carbonyl (C=O) groups excluding carboxylic acids is 3. The molecule has 1 atom stereocenters. The number of rotatable bonds is 5. The van der Waals surface area contributed by atoms with Gasteiger partial charge in [0.1, 0.15) is 11.1 Å². The standard InChI is InChI=1S/C22H17BrN4O3S/c23-16-8-4-15(5-9-16)22-27(19(28)13-31-22)26-20(29)14-6-10-17(11-7-14)25-21(30)18-3-1-2-12-24-18/h1-12,22H,13H2,(H,25,30)(H,26,29). The zero-order valence-electron chi connectivity index (χ0n) is 16.1. The highest BCUT2D eigenvalue weighted by Crippen LogP contribution is 2.37. The Bertz CT molecular complexity index is 1110. The summed E-state index contributed by atoms with van der Waals surface area (Å²) in [6.45, 7) is 0. The molecule has 9 heteroatoms. The highest BCUT2D eigenvalue weighted by atomic mass is 79.9. The second kappa shape index (κ2) is 9.32. The number of benzene rings is 2. The predicted molar refractivity (Wildman–Crippen MR) is 122 cm³/mol. The molecule has 1 unspecified atom stereocenters. The Morgan fingerprint density at radius 1 is 1.00 bits per heavy atom. The lowest BCUT2D eigenvalue weighted by Crippen LogP contribution is -2.44. The number of hydrazine groups is 1. The van der Waals surface area contributed by atoms with E-state index in [1.165, 1.54) is 16.8 Å². The van der Waals surface area contributed by atoms with E-state index in [0.29, 0.717) is 22.7 Å². The van der Waals surface area contributed by atoms with Crippen LogP contribution in [0, 0.1) is 0 Å². The van der Waals surface area contributed by atoms with Crippen molar-refractivity contribution < 1.29 is 14.4 Å². The van der Waals surface area contributed by atoms with Crippen molar-refractivity contribution in [3.8, 4) is 0 Å². The van der Waals surface area contributed by atoms with E-state index in [9.17, 15) is 14.4 Å². The van der Waals surface area contributed by atoms with Crippen molar-refractivity contribution in [3.05, 3.63) is 94.2 Å². The maximum absolute atomic E-state index is 12.7. The van der Waals surface area contributed by atoms with E-state index in [2.05, 4.69) is 31.7 Å². The van der Waals surface area contributed by atoms with Gasteiger partial charge in [-0.25, -0.2) is 5.01 Å². The van der Waals surface area contributed by atoms with Crippen molar-refractivity contribution in [2.75, 3.05) is 11.1 Å². The molecule has 4 rings (SSSR count). The normalized spacial score (nSPS) is 15.6. The van der Waals surface area contributed by atoms with Crippen LogP contribution in [0.15, 0.2) is 77.4 Å². The van der Waals surface area contributed by atoms with E-state index in [0.717, 1.165) is 10.0 Å². The fourth-order valence-electron chi connectivity index (χ4n) is 2.99. The molecule has 1 aliphatic rings. The minimum Gasteiger partial charge on any atom is -0.321 e. The van der Waals surface area contributed by atoms with Gasteiger partial charge in [0.2, 0.25) is 0 Å². The number of carbonyl (C=O) groups is 3. The zero-order chi connectivity index (χ0) is 21.8. The molecule has 0 bridgehead atoms. The van der Waals surface area contributed by atoms with Crippen molar-refractivity contribution in [1.29, 1.82) is 0 Å². The minimum absolute atomic E-state index is 0.162. The molecule has 0 spiro atoms. The smallest absolute Gasteiger partial charge is 0.274 e. The first kappa shape index (κ1) is 21.1. The Hall–Kier alpha value is -3.17. The highest BCUT2D eigenvalue weighted by Gasteiger charge is 2.34. The van der Waals surface area contributed by atoms with Gasteiger partial charge < -0.3 is 5.32 Å².